The molecule has 0 heterocycles. The Labute approximate surface area is 150 Å². The monoisotopic (exact) mass is 353 g/mol. The molecule has 1 saturated carbocycles. The van der Waals surface area contributed by atoms with Gasteiger partial charge >= 0.3 is 0 Å². The van der Waals surface area contributed by atoms with E-state index in [1.807, 2.05) is 11.8 Å². The maximum Gasteiger partial charge on any atom is 0.254 e. The molecule has 2 rings (SSSR count). The number of ether oxygens (including phenoxy) is 2. The van der Waals surface area contributed by atoms with E-state index in [0.29, 0.717) is 34.7 Å². The van der Waals surface area contributed by atoms with E-state index in [0.717, 1.165) is 19.3 Å². The molecule has 1 fully saturated rings. The number of carbonyl (C=O) groups is 1. The van der Waals surface area contributed by atoms with Crippen LogP contribution >= 0.6 is 11.6 Å². The molecule has 0 unspecified atom stereocenters. The Kier molecular flexibility index (Phi) is 6.79. The molecule has 24 heavy (non-hydrogen) atoms. The predicted octanol–water partition coefficient (Wildman–Crippen LogP) is 4.93. The van der Waals surface area contributed by atoms with Crippen LogP contribution < -0.4 is 9.47 Å². The molecule has 0 atom stereocenters. The zero-order chi connectivity index (χ0) is 17.7. The molecule has 0 spiro atoms. The summed E-state index contributed by atoms with van der Waals surface area (Å²) in [6.07, 6.45) is 5.41. The van der Waals surface area contributed by atoms with Crippen LogP contribution in [0.2, 0.25) is 5.02 Å². The Hall–Kier alpha value is -1.42. The second kappa shape index (κ2) is 8.61. The average molecular weight is 354 g/mol. The van der Waals surface area contributed by atoms with Gasteiger partial charge in [-0.15, -0.1) is 0 Å². The number of hydrogen-bond acceptors (Lipinski definition) is 3. The minimum Gasteiger partial charge on any atom is -0.493 e. The number of benzene rings is 1. The van der Waals surface area contributed by atoms with Crippen LogP contribution in [0.1, 0.15) is 63.2 Å². The van der Waals surface area contributed by atoms with Gasteiger partial charge in [0, 0.05) is 17.6 Å². The molecule has 4 nitrogen and oxygen atoms in total. The van der Waals surface area contributed by atoms with Gasteiger partial charge in [0.25, 0.3) is 5.91 Å². The van der Waals surface area contributed by atoms with Crippen molar-refractivity contribution in [1.82, 2.24) is 4.90 Å². The van der Waals surface area contributed by atoms with Crippen LogP contribution in [0.25, 0.3) is 0 Å². The van der Waals surface area contributed by atoms with Crippen LogP contribution in [-0.2, 0) is 0 Å². The van der Waals surface area contributed by atoms with E-state index in [1.54, 1.807) is 19.2 Å². The first-order valence-electron chi connectivity index (χ1n) is 8.82. The van der Waals surface area contributed by atoms with Gasteiger partial charge in [-0.2, -0.15) is 0 Å². The van der Waals surface area contributed by atoms with Crippen LogP contribution in [0.15, 0.2) is 12.1 Å². The van der Waals surface area contributed by atoms with Gasteiger partial charge < -0.3 is 14.4 Å². The molecule has 1 aliphatic carbocycles. The summed E-state index contributed by atoms with van der Waals surface area (Å²) in [6, 6.07) is 3.91. The summed E-state index contributed by atoms with van der Waals surface area (Å²) in [4.78, 5) is 15.1. The summed E-state index contributed by atoms with van der Waals surface area (Å²) in [5.74, 6) is 1.03. The molecule has 1 aromatic carbocycles. The highest BCUT2D eigenvalue weighted by atomic mass is 35.5. The largest absolute Gasteiger partial charge is 0.493 e. The zero-order valence-electron chi connectivity index (χ0n) is 15.1. The standard InChI is InChI=1S/C19H28ClNO3/c1-5-10-24-18-16(20)11-14(12-17(18)23-4)19(22)21(13(2)3)15-8-6-7-9-15/h11-13,15H,5-10H2,1-4H3. The summed E-state index contributed by atoms with van der Waals surface area (Å²) >= 11 is 6.36. The van der Waals surface area contributed by atoms with Gasteiger partial charge in [0.05, 0.1) is 18.7 Å². The van der Waals surface area contributed by atoms with E-state index in [-0.39, 0.29) is 11.9 Å². The van der Waals surface area contributed by atoms with E-state index in [4.69, 9.17) is 21.1 Å². The quantitative estimate of drug-likeness (QED) is 0.697. The first-order chi connectivity index (χ1) is 11.5. The van der Waals surface area contributed by atoms with Gasteiger partial charge in [0.2, 0.25) is 0 Å². The summed E-state index contributed by atoms with van der Waals surface area (Å²) in [5, 5.41) is 0.418. The number of halogens is 1. The average Bonchev–Trinajstić information content (AvgIpc) is 3.06. The van der Waals surface area contributed by atoms with Gasteiger partial charge in [-0.1, -0.05) is 31.4 Å². The van der Waals surface area contributed by atoms with Crippen LogP contribution in [0.3, 0.4) is 0 Å². The van der Waals surface area contributed by atoms with Crippen molar-refractivity contribution >= 4 is 17.5 Å². The molecule has 0 saturated heterocycles. The van der Waals surface area contributed by atoms with Crippen molar-refractivity contribution in [2.75, 3.05) is 13.7 Å². The Morgan fingerprint density at radius 1 is 1.33 bits per heavy atom. The first-order valence-corrected chi connectivity index (χ1v) is 9.20. The van der Waals surface area contributed by atoms with E-state index >= 15 is 0 Å². The fourth-order valence-corrected chi connectivity index (χ4v) is 3.61. The smallest absolute Gasteiger partial charge is 0.254 e. The molecule has 0 radical (unpaired) electrons. The van der Waals surface area contributed by atoms with Crippen molar-refractivity contribution in [1.29, 1.82) is 0 Å². The molecule has 0 aromatic heterocycles. The molecular weight excluding hydrogens is 326 g/mol. The maximum atomic E-state index is 13.1. The van der Waals surface area contributed by atoms with Crippen LogP contribution in [0.5, 0.6) is 11.5 Å². The van der Waals surface area contributed by atoms with E-state index in [9.17, 15) is 4.79 Å². The van der Waals surface area contributed by atoms with Gasteiger partial charge in [-0.25, -0.2) is 0 Å². The van der Waals surface area contributed by atoms with E-state index in [2.05, 4.69) is 13.8 Å². The lowest BCUT2D eigenvalue weighted by atomic mass is 10.1. The summed E-state index contributed by atoms with van der Waals surface area (Å²) in [6.45, 7) is 6.71. The van der Waals surface area contributed by atoms with Crippen molar-refractivity contribution in [3.63, 3.8) is 0 Å². The Bertz CT molecular complexity index is 568. The Morgan fingerprint density at radius 2 is 2.00 bits per heavy atom. The molecule has 0 N–H and O–H groups in total. The first kappa shape index (κ1) is 18.9. The predicted molar refractivity (Wildman–Crippen MR) is 97.4 cm³/mol. The van der Waals surface area contributed by atoms with Crippen molar-refractivity contribution in [2.24, 2.45) is 0 Å². The molecule has 1 aromatic rings. The van der Waals surface area contributed by atoms with Crippen LogP contribution in [0, 0.1) is 0 Å². The third-order valence-electron chi connectivity index (χ3n) is 4.44. The van der Waals surface area contributed by atoms with Gasteiger partial charge in [-0.3, -0.25) is 4.79 Å². The lowest BCUT2D eigenvalue weighted by Gasteiger charge is -2.33. The van der Waals surface area contributed by atoms with E-state index < -0.39 is 0 Å². The Morgan fingerprint density at radius 3 is 2.54 bits per heavy atom. The van der Waals surface area contributed by atoms with Crippen molar-refractivity contribution in [3.05, 3.63) is 22.7 Å². The fraction of sp³-hybridized carbons (Fsp3) is 0.632. The number of nitrogens with zero attached hydrogens (tertiary/aromatic N) is 1. The second-order valence-corrected chi connectivity index (χ2v) is 6.99. The summed E-state index contributed by atoms with van der Waals surface area (Å²) in [5.41, 5.74) is 0.557. The van der Waals surface area contributed by atoms with Gasteiger partial charge in [-0.05, 0) is 45.2 Å². The van der Waals surface area contributed by atoms with Crippen LogP contribution in [-0.4, -0.2) is 36.6 Å². The number of rotatable bonds is 7. The number of hydrogen-bond donors (Lipinski definition) is 0. The maximum absolute atomic E-state index is 13.1. The highest BCUT2D eigenvalue weighted by Crippen LogP contribution is 2.37. The highest BCUT2D eigenvalue weighted by molar-refractivity contribution is 6.32. The minimum absolute atomic E-state index is 0.0131. The molecular formula is C19H28ClNO3. The van der Waals surface area contributed by atoms with Crippen molar-refractivity contribution in [3.8, 4) is 11.5 Å². The highest BCUT2D eigenvalue weighted by Gasteiger charge is 2.30. The molecule has 0 bridgehead atoms. The van der Waals surface area contributed by atoms with Crippen LogP contribution in [0.4, 0.5) is 0 Å². The fourth-order valence-electron chi connectivity index (χ4n) is 3.34. The molecule has 5 heteroatoms. The normalized spacial score (nSPS) is 14.9. The topological polar surface area (TPSA) is 38.8 Å². The lowest BCUT2D eigenvalue weighted by molar-refractivity contribution is 0.0613. The molecule has 134 valence electrons. The third-order valence-corrected chi connectivity index (χ3v) is 4.72. The molecule has 1 aliphatic rings. The minimum atomic E-state index is 0.0131. The Balaban J connectivity index is 2.32. The van der Waals surface area contributed by atoms with Crippen molar-refractivity contribution in [2.45, 2.75) is 65.0 Å². The second-order valence-electron chi connectivity index (χ2n) is 6.58. The lowest BCUT2D eigenvalue weighted by Crippen LogP contribution is -2.43. The number of methoxy groups -OCH3 is 1. The van der Waals surface area contributed by atoms with E-state index in [1.165, 1.54) is 12.8 Å². The number of amides is 1. The summed E-state index contributed by atoms with van der Waals surface area (Å²) < 4.78 is 11.1. The van der Waals surface area contributed by atoms with Crippen molar-refractivity contribution < 1.29 is 14.3 Å². The molecule has 0 aliphatic heterocycles. The SMILES string of the molecule is CCCOc1c(Cl)cc(C(=O)N(C(C)C)C2CCCC2)cc1OC. The summed E-state index contributed by atoms with van der Waals surface area (Å²) in [7, 11) is 1.57. The van der Waals surface area contributed by atoms with Gasteiger partial charge in [0.15, 0.2) is 11.5 Å². The van der Waals surface area contributed by atoms with Gasteiger partial charge in [0.1, 0.15) is 0 Å². The number of carbonyl (C=O) groups excluding carboxylic acids is 1. The third kappa shape index (κ3) is 4.15. The molecule has 1 amide bonds. The zero-order valence-corrected chi connectivity index (χ0v) is 15.9.